The van der Waals surface area contributed by atoms with E-state index in [0.717, 1.165) is 18.4 Å². The number of carbonyl (C=O) groups excluding carboxylic acids is 2. The van der Waals surface area contributed by atoms with Gasteiger partial charge in [-0.05, 0) is 30.5 Å². The van der Waals surface area contributed by atoms with Gasteiger partial charge in [0.2, 0.25) is 5.91 Å². The minimum Gasteiger partial charge on any atom is -0.484 e. The van der Waals surface area contributed by atoms with Crippen LogP contribution in [0.1, 0.15) is 24.4 Å². The molecule has 0 saturated carbocycles. The molecule has 0 aliphatic carbocycles. The molecule has 6 nitrogen and oxygen atoms in total. The second-order valence-electron chi connectivity index (χ2n) is 7.04. The fraction of sp³-hybridized carbons (Fsp3) is 0.364. The number of carbonyl (C=O) groups is 2. The molecule has 2 unspecified atom stereocenters. The number of nitrogens with zero attached hydrogens (tertiary/aromatic N) is 1. The number of benzene rings is 2. The lowest BCUT2D eigenvalue weighted by atomic mass is 9.97. The van der Waals surface area contributed by atoms with Crippen molar-refractivity contribution in [2.45, 2.75) is 18.9 Å². The lowest BCUT2D eigenvalue weighted by Crippen LogP contribution is -2.47. The number of likely N-dealkylation sites (tertiary alicyclic amines) is 1. The molecule has 2 atom stereocenters. The van der Waals surface area contributed by atoms with E-state index in [4.69, 9.17) is 10.5 Å². The van der Waals surface area contributed by atoms with E-state index in [9.17, 15) is 9.59 Å². The van der Waals surface area contributed by atoms with Gasteiger partial charge < -0.3 is 20.7 Å². The van der Waals surface area contributed by atoms with E-state index in [1.54, 1.807) is 4.90 Å². The summed E-state index contributed by atoms with van der Waals surface area (Å²) in [5.41, 5.74) is 7.13. The molecule has 1 saturated heterocycles. The Morgan fingerprint density at radius 3 is 2.50 bits per heavy atom. The normalized spacial score (nSPS) is 17.6. The Bertz CT molecular complexity index is 767. The maximum atomic E-state index is 12.5. The molecule has 28 heavy (non-hydrogen) atoms. The Labute approximate surface area is 165 Å². The summed E-state index contributed by atoms with van der Waals surface area (Å²) in [7, 11) is 0. The molecule has 148 valence electrons. The molecule has 3 N–H and O–H groups in total. The van der Waals surface area contributed by atoms with Crippen molar-refractivity contribution in [3.8, 4) is 5.75 Å². The van der Waals surface area contributed by atoms with Gasteiger partial charge in [-0.1, -0.05) is 48.5 Å². The van der Waals surface area contributed by atoms with E-state index in [-0.39, 0.29) is 30.4 Å². The SMILES string of the molecule is NC(CNC(=O)C1CCCN(C(=O)COc2ccccc2)C1)c1ccccc1. The number of ether oxygens (including phenoxy) is 1. The van der Waals surface area contributed by atoms with E-state index >= 15 is 0 Å². The van der Waals surface area contributed by atoms with Crippen LogP contribution in [0.5, 0.6) is 5.75 Å². The van der Waals surface area contributed by atoms with E-state index in [1.807, 2.05) is 60.7 Å². The van der Waals surface area contributed by atoms with Gasteiger partial charge in [0.15, 0.2) is 6.61 Å². The molecule has 1 aliphatic heterocycles. The maximum Gasteiger partial charge on any atom is 0.260 e. The third-order valence-corrected chi connectivity index (χ3v) is 4.97. The quantitative estimate of drug-likeness (QED) is 0.769. The van der Waals surface area contributed by atoms with E-state index in [2.05, 4.69) is 5.32 Å². The number of piperidine rings is 1. The van der Waals surface area contributed by atoms with Crippen molar-refractivity contribution < 1.29 is 14.3 Å². The van der Waals surface area contributed by atoms with Gasteiger partial charge in [-0.25, -0.2) is 0 Å². The van der Waals surface area contributed by atoms with Crippen molar-refractivity contribution >= 4 is 11.8 Å². The summed E-state index contributed by atoms with van der Waals surface area (Å²) >= 11 is 0. The Hall–Kier alpha value is -2.86. The molecule has 1 heterocycles. The molecule has 0 radical (unpaired) electrons. The van der Waals surface area contributed by atoms with Crippen molar-refractivity contribution in [1.82, 2.24) is 10.2 Å². The van der Waals surface area contributed by atoms with Crippen LogP contribution < -0.4 is 15.8 Å². The molecule has 0 bridgehead atoms. The lowest BCUT2D eigenvalue weighted by Gasteiger charge is -2.32. The second kappa shape index (κ2) is 9.90. The number of hydrogen-bond acceptors (Lipinski definition) is 4. The Morgan fingerprint density at radius 2 is 1.79 bits per heavy atom. The fourth-order valence-corrected chi connectivity index (χ4v) is 3.34. The van der Waals surface area contributed by atoms with Gasteiger partial charge in [0.05, 0.1) is 5.92 Å². The van der Waals surface area contributed by atoms with Gasteiger partial charge in [-0.2, -0.15) is 0 Å². The summed E-state index contributed by atoms with van der Waals surface area (Å²) in [6.07, 6.45) is 1.58. The molecule has 6 heteroatoms. The second-order valence-corrected chi connectivity index (χ2v) is 7.04. The van der Waals surface area contributed by atoms with Gasteiger partial charge in [0.1, 0.15) is 5.75 Å². The third-order valence-electron chi connectivity index (χ3n) is 4.97. The number of hydrogen-bond donors (Lipinski definition) is 2. The Kier molecular flexibility index (Phi) is 7.03. The first-order chi connectivity index (χ1) is 13.6. The summed E-state index contributed by atoms with van der Waals surface area (Å²) < 4.78 is 5.54. The van der Waals surface area contributed by atoms with Crippen molar-refractivity contribution in [3.05, 3.63) is 66.2 Å². The summed E-state index contributed by atoms with van der Waals surface area (Å²) in [4.78, 5) is 26.7. The number of nitrogens with one attached hydrogen (secondary N) is 1. The largest absolute Gasteiger partial charge is 0.484 e. The molecular weight excluding hydrogens is 354 g/mol. The first-order valence-corrected chi connectivity index (χ1v) is 9.67. The average Bonchev–Trinajstić information content (AvgIpc) is 2.77. The van der Waals surface area contributed by atoms with Crippen LogP contribution in [0.2, 0.25) is 0 Å². The van der Waals surface area contributed by atoms with Crippen LogP contribution in [0.15, 0.2) is 60.7 Å². The predicted molar refractivity (Wildman–Crippen MR) is 108 cm³/mol. The van der Waals surface area contributed by atoms with Crippen molar-refractivity contribution in [2.24, 2.45) is 11.7 Å². The van der Waals surface area contributed by atoms with Crippen LogP contribution in [0.4, 0.5) is 0 Å². The summed E-state index contributed by atoms with van der Waals surface area (Å²) in [6, 6.07) is 18.7. The smallest absolute Gasteiger partial charge is 0.260 e. The molecular formula is C22H27N3O3. The topological polar surface area (TPSA) is 84.7 Å². The van der Waals surface area contributed by atoms with Crippen LogP contribution in [-0.2, 0) is 9.59 Å². The standard InChI is InChI=1S/C22H27N3O3/c23-20(17-8-3-1-4-9-17)14-24-22(27)18-10-7-13-25(15-18)21(26)16-28-19-11-5-2-6-12-19/h1-6,8-9,11-12,18,20H,7,10,13-16,23H2,(H,24,27). The van der Waals surface area contributed by atoms with Gasteiger partial charge in [0.25, 0.3) is 5.91 Å². The van der Waals surface area contributed by atoms with Crippen LogP contribution in [-0.4, -0.2) is 43.0 Å². The van der Waals surface area contributed by atoms with Crippen LogP contribution >= 0.6 is 0 Å². The summed E-state index contributed by atoms with van der Waals surface area (Å²) in [6.45, 7) is 1.44. The highest BCUT2D eigenvalue weighted by atomic mass is 16.5. The molecule has 2 aromatic carbocycles. The minimum absolute atomic E-state index is 0.0166. The van der Waals surface area contributed by atoms with Crippen molar-refractivity contribution in [2.75, 3.05) is 26.2 Å². The van der Waals surface area contributed by atoms with Gasteiger partial charge in [-0.15, -0.1) is 0 Å². The zero-order valence-corrected chi connectivity index (χ0v) is 15.9. The number of nitrogens with two attached hydrogens (primary N) is 1. The molecule has 2 aromatic rings. The third kappa shape index (κ3) is 5.57. The van der Waals surface area contributed by atoms with E-state index < -0.39 is 0 Å². The monoisotopic (exact) mass is 381 g/mol. The van der Waals surface area contributed by atoms with Crippen LogP contribution in [0.3, 0.4) is 0 Å². The number of rotatable bonds is 7. The van der Waals surface area contributed by atoms with E-state index in [0.29, 0.717) is 25.4 Å². The fourth-order valence-electron chi connectivity index (χ4n) is 3.34. The van der Waals surface area contributed by atoms with Crippen LogP contribution in [0.25, 0.3) is 0 Å². The number of amides is 2. The van der Waals surface area contributed by atoms with Gasteiger partial charge >= 0.3 is 0 Å². The molecule has 1 aliphatic rings. The van der Waals surface area contributed by atoms with Gasteiger partial charge in [-0.3, -0.25) is 9.59 Å². The molecule has 1 fully saturated rings. The zero-order valence-electron chi connectivity index (χ0n) is 15.9. The first-order valence-electron chi connectivity index (χ1n) is 9.67. The predicted octanol–water partition coefficient (Wildman–Crippen LogP) is 2.12. The maximum absolute atomic E-state index is 12.5. The van der Waals surface area contributed by atoms with Gasteiger partial charge in [0, 0.05) is 25.7 Å². The highest BCUT2D eigenvalue weighted by molar-refractivity contribution is 5.82. The number of para-hydroxylation sites is 1. The zero-order chi connectivity index (χ0) is 19.8. The highest BCUT2D eigenvalue weighted by Gasteiger charge is 2.28. The molecule has 2 amide bonds. The average molecular weight is 381 g/mol. The van der Waals surface area contributed by atoms with Crippen LogP contribution in [0, 0.1) is 5.92 Å². The van der Waals surface area contributed by atoms with E-state index in [1.165, 1.54) is 0 Å². The Balaban J connectivity index is 1.45. The van der Waals surface area contributed by atoms with Crippen molar-refractivity contribution in [1.29, 1.82) is 0 Å². The first kappa shape index (κ1) is 19.9. The summed E-state index contributed by atoms with van der Waals surface area (Å²) in [5.74, 6) is 0.310. The molecule has 0 spiro atoms. The summed E-state index contributed by atoms with van der Waals surface area (Å²) in [5, 5.41) is 2.93. The molecule has 0 aromatic heterocycles. The minimum atomic E-state index is -0.245. The highest BCUT2D eigenvalue weighted by Crippen LogP contribution is 2.18. The molecule has 3 rings (SSSR count). The Morgan fingerprint density at radius 1 is 1.11 bits per heavy atom. The van der Waals surface area contributed by atoms with Crippen molar-refractivity contribution in [3.63, 3.8) is 0 Å². The lowest BCUT2D eigenvalue weighted by molar-refractivity contribution is -0.137.